The SMILES string of the molecule is Cc1ccccc1CN1CCN(C(=O)c2ccn(COc3ccc(Cl)cc3Br)n2)CC1. The van der Waals surface area contributed by atoms with Crippen molar-refractivity contribution in [1.82, 2.24) is 19.6 Å². The lowest BCUT2D eigenvalue weighted by atomic mass is 10.1. The van der Waals surface area contributed by atoms with E-state index in [1.54, 1.807) is 35.1 Å². The highest BCUT2D eigenvalue weighted by atomic mass is 79.9. The molecule has 31 heavy (non-hydrogen) atoms. The largest absolute Gasteiger partial charge is 0.470 e. The van der Waals surface area contributed by atoms with Gasteiger partial charge in [-0.15, -0.1) is 0 Å². The first kappa shape index (κ1) is 21.9. The second-order valence-electron chi connectivity index (χ2n) is 7.58. The first-order chi connectivity index (χ1) is 15.0. The van der Waals surface area contributed by atoms with Crippen LogP contribution in [0.3, 0.4) is 0 Å². The quantitative estimate of drug-likeness (QED) is 0.493. The van der Waals surface area contributed by atoms with Crippen LogP contribution in [0.1, 0.15) is 21.6 Å². The Labute approximate surface area is 195 Å². The lowest BCUT2D eigenvalue weighted by Gasteiger charge is -2.34. The van der Waals surface area contributed by atoms with Gasteiger partial charge < -0.3 is 9.64 Å². The summed E-state index contributed by atoms with van der Waals surface area (Å²) in [6, 6.07) is 15.5. The average molecular weight is 504 g/mol. The normalized spacial score (nSPS) is 14.6. The van der Waals surface area contributed by atoms with Gasteiger partial charge in [-0.1, -0.05) is 35.9 Å². The average Bonchev–Trinajstić information content (AvgIpc) is 3.24. The van der Waals surface area contributed by atoms with Crippen LogP contribution in [0.2, 0.25) is 5.02 Å². The van der Waals surface area contributed by atoms with Gasteiger partial charge in [-0.25, -0.2) is 4.68 Å². The van der Waals surface area contributed by atoms with Crippen LogP contribution in [0, 0.1) is 6.92 Å². The van der Waals surface area contributed by atoms with Crippen molar-refractivity contribution in [2.24, 2.45) is 0 Å². The molecule has 0 N–H and O–H groups in total. The summed E-state index contributed by atoms with van der Waals surface area (Å²) in [5, 5.41) is 5.02. The molecule has 0 bridgehead atoms. The van der Waals surface area contributed by atoms with Crippen LogP contribution in [0.15, 0.2) is 59.2 Å². The highest BCUT2D eigenvalue weighted by Gasteiger charge is 2.24. The zero-order valence-electron chi connectivity index (χ0n) is 17.3. The second kappa shape index (κ2) is 9.85. The summed E-state index contributed by atoms with van der Waals surface area (Å²) in [5.41, 5.74) is 3.08. The number of aryl methyl sites for hydroxylation is 1. The van der Waals surface area contributed by atoms with E-state index in [2.05, 4.69) is 57.1 Å². The predicted octanol–water partition coefficient (Wildman–Crippen LogP) is 4.60. The van der Waals surface area contributed by atoms with E-state index in [1.807, 2.05) is 4.90 Å². The number of halogens is 2. The number of rotatable bonds is 6. The van der Waals surface area contributed by atoms with Crippen LogP contribution < -0.4 is 4.74 Å². The summed E-state index contributed by atoms with van der Waals surface area (Å²) >= 11 is 9.38. The molecule has 3 aromatic rings. The molecule has 1 amide bonds. The highest BCUT2D eigenvalue weighted by Crippen LogP contribution is 2.28. The van der Waals surface area contributed by atoms with Gasteiger partial charge in [0.15, 0.2) is 12.4 Å². The first-order valence-corrected chi connectivity index (χ1v) is 11.3. The minimum Gasteiger partial charge on any atom is -0.470 e. The smallest absolute Gasteiger partial charge is 0.274 e. The molecule has 0 aliphatic carbocycles. The number of amides is 1. The zero-order chi connectivity index (χ0) is 21.8. The second-order valence-corrected chi connectivity index (χ2v) is 8.87. The van der Waals surface area contributed by atoms with Crippen molar-refractivity contribution in [1.29, 1.82) is 0 Å². The molecule has 1 aliphatic rings. The summed E-state index contributed by atoms with van der Waals surface area (Å²) in [7, 11) is 0. The number of hydrogen-bond acceptors (Lipinski definition) is 4. The molecule has 2 heterocycles. The number of carbonyl (C=O) groups excluding carboxylic acids is 1. The molecule has 0 atom stereocenters. The fraction of sp³-hybridized carbons (Fsp3) is 0.304. The summed E-state index contributed by atoms with van der Waals surface area (Å²) in [4.78, 5) is 17.1. The van der Waals surface area contributed by atoms with Crippen molar-refractivity contribution in [3.05, 3.63) is 81.0 Å². The van der Waals surface area contributed by atoms with E-state index in [0.717, 1.165) is 24.1 Å². The Hall–Kier alpha value is -2.35. The van der Waals surface area contributed by atoms with Crippen molar-refractivity contribution in [2.45, 2.75) is 20.2 Å². The molecule has 0 spiro atoms. The summed E-state index contributed by atoms with van der Waals surface area (Å²) in [6.45, 7) is 6.37. The van der Waals surface area contributed by atoms with Crippen LogP contribution in [-0.4, -0.2) is 51.7 Å². The Morgan fingerprint density at radius 3 is 2.65 bits per heavy atom. The molecular weight excluding hydrogens is 480 g/mol. The molecule has 0 saturated carbocycles. The lowest BCUT2D eigenvalue weighted by Crippen LogP contribution is -2.48. The van der Waals surface area contributed by atoms with E-state index in [4.69, 9.17) is 16.3 Å². The summed E-state index contributed by atoms with van der Waals surface area (Å²) in [5.74, 6) is 0.625. The predicted molar refractivity (Wildman–Crippen MR) is 124 cm³/mol. The Kier molecular flexibility index (Phi) is 6.95. The van der Waals surface area contributed by atoms with Crippen molar-refractivity contribution in [2.75, 3.05) is 26.2 Å². The maximum Gasteiger partial charge on any atom is 0.274 e. The first-order valence-electron chi connectivity index (χ1n) is 10.2. The Morgan fingerprint density at radius 2 is 1.90 bits per heavy atom. The number of ether oxygens (including phenoxy) is 1. The third-order valence-corrected chi connectivity index (χ3v) is 6.28. The van der Waals surface area contributed by atoms with Gasteiger partial charge >= 0.3 is 0 Å². The zero-order valence-corrected chi connectivity index (χ0v) is 19.6. The van der Waals surface area contributed by atoms with Gasteiger partial charge in [-0.2, -0.15) is 5.10 Å². The molecule has 6 nitrogen and oxygen atoms in total. The molecule has 8 heteroatoms. The van der Waals surface area contributed by atoms with Crippen LogP contribution >= 0.6 is 27.5 Å². The molecule has 1 aromatic heterocycles. The molecule has 0 radical (unpaired) electrons. The summed E-state index contributed by atoms with van der Waals surface area (Å²) < 4.78 is 8.14. The Bertz CT molecular complexity index is 1060. The van der Waals surface area contributed by atoms with Crippen molar-refractivity contribution in [3.63, 3.8) is 0 Å². The molecule has 162 valence electrons. The monoisotopic (exact) mass is 502 g/mol. The van der Waals surface area contributed by atoms with E-state index in [-0.39, 0.29) is 12.6 Å². The van der Waals surface area contributed by atoms with Gasteiger partial charge in [0.2, 0.25) is 0 Å². The molecule has 4 rings (SSSR count). The maximum absolute atomic E-state index is 12.9. The number of aromatic nitrogens is 2. The lowest BCUT2D eigenvalue weighted by molar-refractivity contribution is 0.0620. The highest BCUT2D eigenvalue weighted by molar-refractivity contribution is 9.10. The van der Waals surface area contributed by atoms with Crippen LogP contribution in [-0.2, 0) is 13.3 Å². The Balaban J connectivity index is 1.29. The van der Waals surface area contributed by atoms with Crippen molar-refractivity contribution >= 4 is 33.4 Å². The standard InChI is InChI=1S/C23H24BrClN4O2/c1-17-4-2-3-5-18(17)15-27-10-12-28(13-11-27)23(30)21-8-9-29(26-21)16-31-22-7-6-19(25)14-20(22)24/h2-9,14H,10-13,15-16H2,1H3. The molecule has 1 fully saturated rings. The number of nitrogens with zero attached hydrogens (tertiary/aromatic N) is 4. The van der Waals surface area contributed by atoms with Crippen molar-refractivity contribution in [3.8, 4) is 5.75 Å². The van der Waals surface area contributed by atoms with E-state index in [0.29, 0.717) is 29.6 Å². The van der Waals surface area contributed by atoms with Crippen LogP contribution in [0.4, 0.5) is 0 Å². The van der Waals surface area contributed by atoms with Gasteiger partial charge in [-0.05, 0) is 58.2 Å². The fourth-order valence-electron chi connectivity index (χ4n) is 3.58. The van der Waals surface area contributed by atoms with E-state index in [9.17, 15) is 4.79 Å². The van der Waals surface area contributed by atoms with E-state index < -0.39 is 0 Å². The molecular formula is C23H24BrClN4O2. The minimum atomic E-state index is -0.0398. The number of piperazine rings is 1. The molecule has 2 aromatic carbocycles. The third kappa shape index (κ3) is 5.47. The Morgan fingerprint density at radius 1 is 1.13 bits per heavy atom. The van der Waals surface area contributed by atoms with E-state index in [1.165, 1.54) is 11.1 Å². The van der Waals surface area contributed by atoms with Gasteiger partial charge in [0.25, 0.3) is 5.91 Å². The molecule has 1 aliphatic heterocycles. The van der Waals surface area contributed by atoms with Gasteiger partial charge in [0.05, 0.1) is 4.47 Å². The van der Waals surface area contributed by atoms with E-state index >= 15 is 0 Å². The summed E-state index contributed by atoms with van der Waals surface area (Å²) in [6.07, 6.45) is 1.76. The number of hydrogen-bond donors (Lipinski definition) is 0. The minimum absolute atomic E-state index is 0.0398. The van der Waals surface area contributed by atoms with Crippen LogP contribution in [0.25, 0.3) is 0 Å². The fourth-order valence-corrected chi connectivity index (χ4v) is 4.37. The van der Waals surface area contributed by atoms with Gasteiger partial charge in [-0.3, -0.25) is 9.69 Å². The number of benzene rings is 2. The number of carbonyl (C=O) groups is 1. The third-order valence-electron chi connectivity index (χ3n) is 5.42. The molecule has 1 saturated heterocycles. The maximum atomic E-state index is 12.9. The van der Waals surface area contributed by atoms with Gasteiger partial charge in [0, 0.05) is 43.9 Å². The topological polar surface area (TPSA) is 50.6 Å². The van der Waals surface area contributed by atoms with Crippen LogP contribution in [0.5, 0.6) is 5.75 Å². The van der Waals surface area contributed by atoms with Gasteiger partial charge in [0.1, 0.15) is 5.75 Å². The molecule has 0 unspecified atom stereocenters. The van der Waals surface area contributed by atoms with Crippen molar-refractivity contribution < 1.29 is 9.53 Å².